The Balaban J connectivity index is 1.35. The fraction of sp³-hybridized carbons (Fsp3) is 0.0870. The SMILES string of the molecule is COc1ccc2nc(NC(=O)CSc3nnc(-c4cccnc4)n3-c3ccccc3)sc2c1. The summed E-state index contributed by atoms with van der Waals surface area (Å²) >= 11 is 2.72. The minimum absolute atomic E-state index is 0.164. The highest BCUT2D eigenvalue weighted by Crippen LogP contribution is 2.30. The standard InChI is InChI=1S/C23H18N6O2S2/c1-31-17-9-10-18-19(12-17)33-22(25-18)26-20(30)14-32-23-28-27-21(15-6-5-11-24-13-15)29(23)16-7-3-2-4-8-16/h2-13H,14H2,1H3,(H,25,26,30). The quantitative estimate of drug-likeness (QED) is 0.342. The average Bonchev–Trinajstić information content (AvgIpc) is 3.46. The molecule has 3 aromatic heterocycles. The number of pyridine rings is 1. The molecule has 0 spiro atoms. The molecular formula is C23H18N6O2S2. The first-order valence-corrected chi connectivity index (χ1v) is 11.8. The first-order chi connectivity index (χ1) is 16.2. The Kier molecular flexibility index (Phi) is 6.01. The Morgan fingerprint density at radius 3 is 2.79 bits per heavy atom. The van der Waals surface area contributed by atoms with Crippen molar-refractivity contribution < 1.29 is 9.53 Å². The monoisotopic (exact) mass is 474 g/mol. The van der Waals surface area contributed by atoms with E-state index in [1.165, 1.54) is 23.1 Å². The summed E-state index contributed by atoms with van der Waals surface area (Å²) in [6, 6.07) is 19.2. The van der Waals surface area contributed by atoms with Crippen LogP contribution < -0.4 is 10.1 Å². The van der Waals surface area contributed by atoms with Crippen molar-refractivity contribution in [2.75, 3.05) is 18.2 Å². The number of methoxy groups -OCH3 is 1. The molecule has 33 heavy (non-hydrogen) atoms. The van der Waals surface area contributed by atoms with Gasteiger partial charge >= 0.3 is 0 Å². The third kappa shape index (κ3) is 4.57. The first kappa shape index (κ1) is 21.1. The summed E-state index contributed by atoms with van der Waals surface area (Å²) in [4.78, 5) is 21.3. The number of hydrogen-bond donors (Lipinski definition) is 1. The molecule has 0 aliphatic rings. The van der Waals surface area contributed by atoms with Gasteiger partial charge in [0.2, 0.25) is 5.91 Å². The van der Waals surface area contributed by atoms with Gasteiger partial charge in [0.05, 0.1) is 23.1 Å². The molecule has 1 N–H and O–H groups in total. The number of anilines is 1. The van der Waals surface area contributed by atoms with Crippen LogP contribution in [0.5, 0.6) is 5.75 Å². The molecule has 1 amide bonds. The fourth-order valence-corrected chi connectivity index (χ4v) is 4.89. The van der Waals surface area contributed by atoms with E-state index in [1.54, 1.807) is 19.5 Å². The summed E-state index contributed by atoms with van der Waals surface area (Å²) in [5.74, 6) is 1.41. The van der Waals surface area contributed by atoms with Gasteiger partial charge in [0.1, 0.15) is 5.75 Å². The van der Waals surface area contributed by atoms with Crippen LogP contribution >= 0.6 is 23.1 Å². The highest BCUT2D eigenvalue weighted by atomic mass is 32.2. The van der Waals surface area contributed by atoms with Crippen molar-refractivity contribution in [1.29, 1.82) is 0 Å². The molecule has 2 aromatic carbocycles. The Morgan fingerprint density at radius 2 is 2.00 bits per heavy atom. The zero-order chi connectivity index (χ0) is 22.6. The van der Waals surface area contributed by atoms with Crippen LogP contribution in [0.3, 0.4) is 0 Å². The molecule has 164 valence electrons. The molecule has 0 fully saturated rings. The van der Waals surface area contributed by atoms with E-state index >= 15 is 0 Å². The smallest absolute Gasteiger partial charge is 0.236 e. The molecule has 5 rings (SSSR count). The number of hydrogen-bond acceptors (Lipinski definition) is 8. The zero-order valence-electron chi connectivity index (χ0n) is 17.5. The van der Waals surface area contributed by atoms with Gasteiger partial charge in [-0.2, -0.15) is 0 Å². The number of thiazole rings is 1. The summed E-state index contributed by atoms with van der Waals surface area (Å²) in [6.07, 6.45) is 3.46. The predicted molar refractivity (Wildman–Crippen MR) is 130 cm³/mol. The number of benzene rings is 2. The van der Waals surface area contributed by atoms with E-state index in [0.717, 1.165) is 27.2 Å². The Labute approximate surface area is 197 Å². The van der Waals surface area contributed by atoms with Crippen LogP contribution in [-0.2, 0) is 4.79 Å². The number of nitrogens with one attached hydrogen (secondary N) is 1. The maximum absolute atomic E-state index is 12.7. The molecule has 3 heterocycles. The zero-order valence-corrected chi connectivity index (χ0v) is 19.1. The molecule has 0 bridgehead atoms. The van der Waals surface area contributed by atoms with E-state index in [2.05, 4.69) is 25.5 Å². The first-order valence-electron chi connectivity index (χ1n) is 10.00. The molecule has 10 heteroatoms. The van der Waals surface area contributed by atoms with Crippen molar-refractivity contribution in [3.8, 4) is 22.8 Å². The number of amides is 1. The molecule has 0 saturated heterocycles. The van der Waals surface area contributed by atoms with Gasteiger partial charge < -0.3 is 10.1 Å². The van der Waals surface area contributed by atoms with E-state index in [0.29, 0.717) is 16.1 Å². The number of ether oxygens (including phenoxy) is 1. The van der Waals surface area contributed by atoms with Crippen LogP contribution in [0.2, 0.25) is 0 Å². The van der Waals surface area contributed by atoms with Crippen LogP contribution in [0.15, 0.2) is 78.2 Å². The minimum atomic E-state index is -0.170. The van der Waals surface area contributed by atoms with Crippen molar-refractivity contribution >= 4 is 44.4 Å². The molecule has 0 atom stereocenters. The number of carbonyl (C=O) groups is 1. The number of fused-ring (bicyclic) bond motifs is 1. The van der Waals surface area contributed by atoms with Crippen LogP contribution in [0.4, 0.5) is 5.13 Å². The van der Waals surface area contributed by atoms with Gasteiger partial charge in [0.25, 0.3) is 0 Å². The van der Waals surface area contributed by atoms with Gasteiger partial charge in [-0.25, -0.2) is 4.98 Å². The summed E-state index contributed by atoms with van der Waals surface area (Å²) < 4.78 is 8.13. The summed E-state index contributed by atoms with van der Waals surface area (Å²) in [5.41, 5.74) is 2.56. The Bertz CT molecular complexity index is 1400. The summed E-state index contributed by atoms with van der Waals surface area (Å²) in [7, 11) is 1.62. The third-order valence-corrected chi connectivity index (χ3v) is 6.60. The van der Waals surface area contributed by atoms with Crippen molar-refractivity contribution in [3.05, 3.63) is 73.1 Å². The van der Waals surface area contributed by atoms with E-state index in [1.807, 2.05) is 65.2 Å². The molecule has 8 nitrogen and oxygen atoms in total. The van der Waals surface area contributed by atoms with E-state index in [-0.39, 0.29) is 11.7 Å². The second-order valence-electron chi connectivity index (χ2n) is 6.91. The van der Waals surface area contributed by atoms with E-state index in [4.69, 9.17) is 4.74 Å². The van der Waals surface area contributed by atoms with Crippen molar-refractivity contribution in [2.24, 2.45) is 0 Å². The molecule has 0 saturated carbocycles. The van der Waals surface area contributed by atoms with Crippen LogP contribution in [0.1, 0.15) is 0 Å². The van der Waals surface area contributed by atoms with E-state index in [9.17, 15) is 4.79 Å². The lowest BCUT2D eigenvalue weighted by atomic mass is 10.2. The fourth-order valence-electron chi connectivity index (χ4n) is 3.23. The predicted octanol–water partition coefficient (Wildman–Crippen LogP) is 4.68. The van der Waals surface area contributed by atoms with Gasteiger partial charge in [0.15, 0.2) is 16.1 Å². The number of para-hydroxylation sites is 1. The molecule has 0 aliphatic carbocycles. The highest BCUT2D eigenvalue weighted by molar-refractivity contribution is 7.99. The molecular weight excluding hydrogens is 456 g/mol. The number of rotatable bonds is 7. The lowest BCUT2D eigenvalue weighted by Crippen LogP contribution is -2.14. The third-order valence-electron chi connectivity index (χ3n) is 4.74. The maximum Gasteiger partial charge on any atom is 0.236 e. The molecule has 5 aromatic rings. The molecule has 0 unspecified atom stereocenters. The number of carbonyl (C=O) groups excluding carboxylic acids is 1. The minimum Gasteiger partial charge on any atom is -0.497 e. The van der Waals surface area contributed by atoms with Gasteiger partial charge in [-0.05, 0) is 42.5 Å². The summed E-state index contributed by atoms with van der Waals surface area (Å²) in [5, 5.41) is 12.7. The van der Waals surface area contributed by atoms with E-state index < -0.39 is 0 Å². The van der Waals surface area contributed by atoms with Gasteiger partial charge in [-0.1, -0.05) is 41.3 Å². The van der Waals surface area contributed by atoms with Crippen molar-refractivity contribution in [2.45, 2.75) is 5.16 Å². The topological polar surface area (TPSA) is 94.8 Å². The van der Waals surface area contributed by atoms with Gasteiger partial charge in [-0.15, -0.1) is 10.2 Å². The average molecular weight is 475 g/mol. The maximum atomic E-state index is 12.7. The van der Waals surface area contributed by atoms with Crippen LogP contribution in [0.25, 0.3) is 27.3 Å². The number of nitrogens with zero attached hydrogens (tertiary/aromatic N) is 5. The molecule has 0 radical (unpaired) electrons. The number of aromatic nitrogens is 5. The van der Waals surface area contributed by atoms with Crippen molar-refractivity contribution in [3.63, 3.8) is 0 Å². The Hall–Kier alpha value is -3.76. The second kappa shape index (κ2) is 9.39. The van der Waals surface area contributed by atoms with Gasteiger partial charge in [-0.3, -0.25) is 14.3 Å². The summed E-state index contributed by atoms with van der Waals surface area (Å²) in [6.45, 7) is 0. The van der Waals surface area contributed by atoms with Crippen molar-refractivity contribution in [1.82, 2.24) is 24.7 Å². The highest BCUT2D eigenvalue weighted by Gasteiger charge is 2.18. The number of thioether (sulfide) groups is 1. The lowest BCUT2D eigenvalue weighted by molar-refractivity contribution is -0.113. The Morgan fingerprint density at radius 1 is 1.12 bits per heavy atom. The van der Waals surface area contributed by atoms with Crippen LogP contribution in [0, 0.1) is 0 Å². The van der Waals surface area contributed by atoms with Gasteiger partial charge in [0, 0.05) is 23.6 Å². The second-order valence-corrected chi connectivity index (χ2v) is 8.88. The van der Waals surface area contributed by atoms with Crippen LogP contribution in [-0.4, -0.2) is 43.5 Å². The normalized spacial score (nSPS) is 10.9. The lowest BCUT2D eigenvalue weighted by Gasteiger charge is -2.10. The molecule has 0 aliphatic heterocycles. The largest absolute Gasteiger partial charge is 0.497 e.